The first kappa shape index (κ1) is 14.2. The van der Waals surface area contributed by atoms with E-state index in [0.29, 0.717) is 0 Å². The molecule has 0 atom stereocenters. The number of imidazole rings is 1. The highest BCUT2D eigenvalue weighted by atomic mass is 32.2. The zero-order valence-electron chi connectivity index (χ0n) is 10.4. The van der Waals surface area contributed by atoms with Crippen molar-refractivity contribution in [2.24, 2.45) is 0 Å². The van der Waals surface area contributed by atoms with E-state index >= 15 is 0 Å². The van der Waals surface area contributed by atoms with Crippen molar-refractivity contribution in [2.45, 2.75) is 11.4 Å². The molecule has 0 aliphatic heterocycles. The fraction of sp³-hybridized carbons (Fsp3) is 0.167. The number of nitrogens with zero attached hydrogens (tertiary/aromatic N) is 2. The molecule has 1 aromatic heterocycles. The maximum absolute atomic E-state index is 11.9. The van der Waals surface area contributed by atoms with E-state index in [-0.39, 0.29) is 23.8 Å². The first-order valence-electron chi connectivity index (χ1n) is 5.80. The lowest BCUT2D eigenvalue weighted by molar-refractivity contribution is 0.0678. The molecule has 2 N–H and O–H groups in total. The third-order valence-electron chi connectivity index (χ3n) is 2.61. The number of aromatic carboxylic acids is 1. The van der Waals surface area contributed by atoms with Gasteiger partial charge in [0.15, 0.2) is 0 Å². The molecule has 8 heteroatoms. The van der Waals surface area contributed by atoms with Crippen molar-refractivity contribution in [3.63, 3.8) is 0 Å². The van der Waals surface area contributed by atoms with Gasteiger partial charge in [0.05, 0.1) is 4.90 Å². The number of aromatic nitrogens is 2. The highest BCUT2D eigenvalue weighted by molar-refractivity contribution is 7.89. The van der Waals surface area contributed by atoms with Crippen LogP contribution in [0.25, 0.3) is 0 Å². The fourth-order valence-corrected chi connectivity index (χ4v) is 2.71. The van der Waals surface area contributed by atoms with E-state index in [4.69, 9.17) is 5.11 Å². The van der Waals surface area contributed by atoms with Crippen LogP contribution in [-0.2, 0) is 16.6 Å². The highest BCUT2D eigenvalue weighted by Crippen LogP contribution is 2.06. The Morgan fingerprint density at radius 2 is 2.00 bits per heavy atom. The molecule has 0 bridgehead atoms. The third kappa shape index (κ3) is 3.22. The third-order valence-corrected chi connectivity index (χ3v) is 4.08. The number of hydrogen-bond acceptors (Lipinski definition) is 4. The number of carboxylic acid groups (broad SMARTS) is 1. The molecular weight excluding hydrogens is 282 g/mol. The highest BCUT2D eigenvalue weighted by Gasteiger charge is 2.14. The van der Waals surface area contributed by atoms with Gasteiger partial charge < -0.3 is 9.67 Å². The van der Waals surface area contributed by atoms with Gasteiger partial charge in [0.25, 0.3) is 0 Å². The van der Waals surface area contributed by atoms with Gasteiger partial charge in [0.2, 0.25) is 15.8 Å². The second-order valence-corrected chi connectivity index (χ2v) is 5.73. The zero-order chi connectivity index (χ0) is 14.6. The summed E-state index contributed by atoms with van der Waals surface area (Å²) in [5.74, 6) is -1.27. The normalized spacial score (nSPS) is 11.4. The maximum Gasteiger partial charge on any atom is 0.372 e. The Kier molecular flexibility index (Phi) is 4.16. The molecule has 0 amide bonds. The van der Waals surface area contributed by atoms with E-state index in [0.717, 1.165) is 0 Å². The average molecular weight is 295 g/mol. The summed E-state index contributed by atoms with van der Waals surface area (Å²) < 4.78 is 27.6. The van der Waals surface area contributed by atoms with E-state index in [1.807, 2.05) is 0 Å². The van der Waals surface area contributed by atoms with Gasteiger partial charge in [0, 0.05) is 25.5 Å². The quantitative estimate of drug-likeness (QED) is 0.811. The summed E-state index contributed by atoms with van der Waals surface area (Å²) in [5, 5.41) is 8.87. The Hall–Kier alpha value is -2.19. The molecule has 2 rings (SSSR count). The van der Waals surface area contributed by atoms with Gasteiger partial charge in [-0.2, -0.15) is 0 Å². The van der Waals surface area contributed by atoms with Gasteiger partial charge in [0.1, 0.15) is 0 Å². The smallest absolute Gasteiger partial charge is 0.372 e. The molecule has 20 heavy (non-hydrogen) atoms. The number of sulfonamides is 1. The summed E-state index contributed by atoms with van der Waals surface area (Å²) in [4.78, 5) is 14.7. The summed E-state index contributed by atoms with van der Waals surface area (Å²) >= 11 is 0. The predicted octanol–water partition coefficient (Wildman–Crippen LogP) is 0.560. The standard InChI is InChI=1S/C12H13N3O4S/c16-12(17)11-13-6-8-15(11)9-7-14-20(18,19)10-4-2-1-3-5-10/h1-6,8,14H,7,9H2,(H,16,17). The average Bonchev–Trinajstić information content (AvgIpc) is 2.88. The Labute approximate surface area is 115 Å². The SMILES string of the molecule is O=C(O)c1nccn1CCNS(=O)(=O)c1ccccc1. The van der Waals surface area contributed by atoms with E-state index in [2.05, 4.69) is 9.71 Å². The monoisotopic (exact) mass is 295 g/mol. The lowest BCUT2D eigenvalue weighted by atomic mass is 10.4. The Morgan fingerprint density at radius 1 is 1.30 bits per heavy atom. The first-order valence-corrected chi connectivity index (χ1v) is 7.28. The summed E-state index contributed by atoms with van der Waals surface area (Å²) in [7, 11) is -3.58. The molecule has 0 aliphatic rings. The predicted molar refractivity (Wildman–Crippen MR) is 70.8 cm³/mol. The van der Waals surface area contributed by atoms with Gasteiger partial charge in [-0.1, -0.05) is 18.2 Å². The van der Waals surface area contributed by atoms with E-state index in [9.17, 15) is 13.2 Å². The number of nitrogens with one attached hydrogen (secondary N) is 1. The van der Waals surface area contributed by atoms with Crippen molar-refractivity contribution >= 4 is 16.0 Å². The van der Waals surface area contributed by atoms with E-state index in [1.54, 1.807) is 18.2 Å². The molecule has 0 unspecified atom stereocenters. The molecule has 0 fully saturated rings. The number of carbonyl (C=O) groups is 1. The topological polar surface area (TPSA) is 101 Å². The minimum atomic E-state index is -3.58. The Morgan fingerprint density at radius 3 is 2.65 bits per heavy atom. The Bertz CT molecular complexity index is 695. The van der Waals surface area contributed by atoms with Crippen molar-refractivity contribution in [3.05, 3.63) is 48.5 Å². The molecule has 0 spiro atoms. The molecule has 7 nitrogen and oxygen atoms in total. The zero-order valence-corrected chi connectivity index (χ0v) is 11.2. The van der Waals surface area contributed by atoms with Crippen molar-refractivity contribution < 1.29 is 18.3 Å². The molecule has 106 valence electrons. The maximum atomic E-state index is 11.9. The fourth-order valence-electron chi connectivity index (χ4n) is 1.67. The number of carboxylic acids is 1. The van der Waals surface area contributed by atoms with Crippen LogP contribution in [0, 0.1) is 0 Å². The minimum absolute atomic E-state index is 0.0772. The molecule has 1 aromatic carbocycles. The van der Waals surface area contributed by atoms with Crippen LogP contribution in [0.1, 0.15) is 10.6 Å². The van der Waals surface area contributed by atoms with Gasteiger partial charge in [-0.25, -0.2) is 22.9 Å². The Balaban J connectivity index is 2.00. The molecular formula is C12H13N3O4S. The van der Waals surface area contributed by atoms with Crippen LogP contribution in [0.3, 0.4) is 0 Å². The second-order valence-electron chi connectivity index (χ2n) is 3.96. The van der Waals surface area contributed by atoms with Crippen LogP contribution in [-0.4, -0.2) is 35.6 Å². The van der Waals surface area contributed by atoms with E-state index < -0.39 is 16.0 Å². The number of rotatable bonds is 6. The van der Waals surface area contributed by atoms with Crippen molar-refractivity contribution in [2.75, 3.05) is 6.54 Å². The number of benzene rings is 1. The molecule has 0 saturated carbocycles. The lowest BCUT2D eigenvalue weighted by Gasteiger charge is -2.08. The first-order chi connectivity index (χ1) is 9.50. The molecule has 2 aromatic rings. The van der Waals surface area contributed by atoms with Gasteiger partial charge >= 0.3 is 5.97 Å². The summed E-state index contributed by atoms with van der Waals surface area (Å²) in [5.41, 5.74) is 0. The van der Waals surface area contributed by atoms with E-state index in [1.165, 1.54) is 29.1 Å². The van der Waals surface area contributed by atoms with Crippen LogP contribution >= 0.6 is 0 Å². The van der Waals surface area contributed by atoms with Crippen LogP contribution < -0.4 is 4.72 Å². The van der Waals surface area contributed by atoms with Gasteiger partial charge in [-0.3, -0.25) is 0 Å². The van der Waals surface area contributed by atoms with Crippen LogP contribution in [0.2, 0.25) is 0 Å². The second kappa shape index (κ2) is 5.85. The molecule has 0 aliphatic carbocycles. The summed E-state index contributed by atoms with van der Waals surface area (Å²) in [6.45, 7) is 0.265. The number of hydrogen-bond donors (Lipinski definition) is 2. The van der Waals surface area contributed by atoms with Crippen LogP contribution in [0.15, 0.2) is 47.6 Å². The van der Waals surface area contributed by atoms with Crippen molar-refractivity contribution in [1.29, 1.82) is 0 Å². The largest absolute Gasteiger partial charge is 0.475 e. The van der Waals surface area contributed by atoms with Crippen molar-refractivity contribution in [1.82, 2.24) is 14.3 Å². The van der Waals surface area contributed by atoms with Crippen LogP contribution in [0.4, 0.5) is 0 Å². The van der Waals surface area contributed by atoms with Gasteiger partial charge in [-0.15, -0.1) is 0 Å². The van der Waals surface area contributed by atoms with Gasteiger partial charge in [-0.05, 0) is 12.1 Å². The molecule has 1 heterocycles. The van der Waals surface area contributed by atoms with Crippen LogP contribution in [0.5, 0.6) is 0 Å². The van der Waals surface area contributed by atoms with Crippen molar-refractivity contribution in [3.8, 4) is 0 Å². The molecule has 0 saturated heterocycles. The summed E-state index contributed by atoms with van der Waals surface area (Å²) in [6, 6.07) is 7.97. The summed E-state index contributed by atoms with van der Waals surface area (Å²) in [6.07, 6.45) is 2.84. The minimum Gasteiger partial charge on any atom is -0.475 e. The lowest BCUT2D eigenvalue weighted by Crippen LogP contribution is -2.28. The molecule has 0 radical (unpaired) electrons.